The van der Waals surface area contributed by atoms with Crippen molar-refractivity contribution in [3.05, 3.63) is 155 Å². The van der Waals surface area contributed by atoms with E-state index in [-0.39, 0.29) is 10.8 Å². The van der Waals surface area contributed by atoms with E-state index in [1.165, 1.54) is 43.1 Å². The Balaban J connectivity index is 1.01. The molecule has 18 rings (SSSR count). The van der Waals surface area contributed by atoms with Crippen LogP contribution in [-0.4, -0.2) is 0 Å². The fourth-order valence-corrected chi connectivity index (χ4v) is 15.9. The number of rotatable bonds is 3. The number of hydrogen-bond donors (Lipinski definition) is 0. The van der Waals surface area contributed by atoms with Gasteiger partial charge in [-0.15, -0.1) is 22.7 Å². The molecule has 0 spiro atoms. The predicted octanol–water partition coefficient (Wildman–Crippen LogP) is 23.2. The summed E-state index contributed by atoms with van der Waals surface area (Å²) in [6.45, 7) is 21.8. The minimum atomic E-state index is -0.214. The summed E-state index contributed by atoms with van der Waals surface area (Å²) in [7, 11) is 0. The fraction of sp³-hybridized carbons (Fsp3) is 0.167. The summed E-state index contributed by atoms with van der Waals surface area (Å²) >= 11 is 3.61. The van der Waals surface area contributed by atoms with Gasteiger partial charge in [0.05, 0.1) is 20.2 Å². The lowest BCUT2D eigenvalue weighted by molar-refractivity contribution is 0.431. The van der Waals surface area contributed by atoms with Crippen molar-refractivity contribution in [1.29, 1.82) is 0 Å². The molecule has 80 heavy (non-hydrogen) atoms. The second-order valence-corrected chi connectivity index (χ2v) is 27.2. The number of hydrogen-bond acceptors (Lipinski definition) is 8. The molecule has 0 saturated heterocycles. The smallest absolute Gasteiger partial charge is 0.180 e. The molecule has 10 aromatic carbocycles. The summed E-state index contributed by atoms with van der Waals surface area (Å²) < 4.78 is 44.3. The second-order valence-electron chi connectivity index (χ2n) is 25.1. The Morgan fingerprint density at radius 3 is 1.35 bits per heavy atom. The average Bonchev–Trinajstić information content (AvgIpc) is 3.01. The summed E-state index contributed by atoms with van der Waals surface area (Å²) in [5, 5.41) is 17.3. The molecule has 0 aliphatic carbocycles. The molecule has 8 heterocycles. The maximum absolute atomic E-state index is 7.39. The molecule has 0 aliphatic rings. The molecular formula is C72H50O6S2. The zero-order valence-electron chi connectivity index (χ0n) is 45.8. The van der Waals surface area contributed by atoms with E-state index in [9.17, 15) is 0 Å². The van der Waals surface area contributed by atoms with Crippen LogP contribution in [0.1, 0.15) is 75.3 Å². The number of aryl methyl sites for hydroxylation is 4. The lowest BCUT2D eigenvalue weighted by Gasteiger charge is -2.19. The zero-order valence-corrected chi connectivity index (χ0v) is 47.4. The first-order chi connectivity index (χ1) is 38.4. The van der Waals surface area contributed by atoms with Crippen LogP contribution in [0.25, 0.3) is 183 Å². The van der Waals surface area contributed by atoms with E-state index in [1.54, 1.807) is 11.3 Å². The molecule has 18 aromatic rings. The summed E-state index contributed by atoms with van der Waals surface area (Å²) in [4.78, 5) is 2.39. The van der Waals surface area contributed by atoms with Gasteiger partial charge in [0, 0.05) is 98.7 Å². The van der Waals surface area contributed by atoms with Gasteiger partial charge in [0.25, 0.3) is 0 Å². The van der Waals surface area contributed by atoms with Crippen molar-refractivity contribution in [2.45, 2.75) is 80.1 Å². The van der Waals surface area contributed by atoms with Gasteiger partial charge in [0.15, 0.2) is 22.3 Å². The first-order valence-corrected chi connectivity index (χ1v) is 29.2. The molecule has 0 atom stereocenters. The van der Waals surface area contributed by atoms with Gasteiger partial charge >= 0.3 is 0 Å². The Hall–Kier alpha value is -8.56. The van der Waals surface area contributed by atoms with E-state index in [0.29, 0.717) is 0 Å². The molecule has 0 bridgehead atoms. The van der Waals surface area contributed by atoms with Crippen LogP contribution in [0.15, 0.2) is 148 Å². The first kappa shape index (κ1) is 45.3. The second kappa shape index (κ2) is 14.8. The quantitative estimate of drug-likeness (QED) is 0.164. The molecule has 8 heteroatoms. The summed E-state index contributed by atoms with van der Waals surface area (Å²) in [5.41, 5.74) is 17.3. The molecule has 0 amide bonds. The molecule has 0 radical (unpaired) electrons. The SMILES string of the molecule is Cc1cc(C)cc(-c2cc3oc4c(cc5cc(-c6cc7c8oc9cc(C(C)(C)C)oc9c8cc8ccc9c%10oc%11cc(C(C)(C)C)oc%11c%10cc6c9c87)c6c7oc8cc(-c9cc(C)cc(C)c9)sc8c7cc7ccc4c5c76)c3s2)c1. The number of benzene rings is 10. The first-order valence-electron chi connectivity index (χ1n) is 27.6. The predicted molar refractivity (Wildman–Crippen MR) is 336 cm³/mol. The van der Waals surface area contributed by atoms with Gasteiger partial charge < -0.3 is 26.5 Å². The van der Waals surface area contributed by atoms with E-state index in [4.69, 9.17) is 26.5 Å². The lowest BCUT2D eigenvalue weighted by Crippen LogP contribution is -2.08. The van der Waals surface area contributed by atoms with Crippen LogP contribution in [0, 0.1) is 27.7 Å². The Morgan fingerprint density at radius 1 is 0.300 bits per heavy atom. The molecule has 6 nitrogen and oxygen atoms in total. The van der Waals surface area contributed by atoms with Gasteiger partial charge in [-0.1, -0.05) is 112 Å². The van der Waals surface area contributed by atoms with Crippen molar-refractivity contribution in [3.8, 4) is 32.0 Å². The maximum atomic E-state index is 7.39. The van der Waals surface area contributed by atoms with Crippen LogP contribution >= 0.6 is 22.7 Å². The Bertz CT molecular complexity index is 5750. The molecular weight excluding hydrogens is 1020 g/mol. The largest absolute Gasteiger partial charge is 0.456 e. The van der Waals surface area contributed by atoms with Crippen molar-refractivity contribution in [2.24, 2.45) is 0 Å². The molecule has 8 aromatic heterocycles. The van der Waals surface area contributed by atoms with Crippen molar-refractivity contribution in [1.82, 2.24) is 0 Å². The van der Waals surface area contributed by atoms with Crippen LogP contribution in [0.5, 0.6) is 0 Å². The van der Waals surface area contributed by atoms with Crippen molar-refractivity contribution >= 4 is 174 Å². The normalized spacial score (nSPS) is 13.4. The molecule has 0 unspecified atom stereocenters. The summed E-state index contributed by atoms with van der Waals surface area (Å²) in [6.07, 6.45) is 0. The van der Waals surface area contributed by atoms with E-state index >= 15 is 0 Å². The molecule has 0 saturated carbocycles. The third-order valence-electron chi connectivity index (χ3n) is 17.2. The fourth-order valence-electron chi connectivity index (χ4n) is 13.8. The third-order valence-corrected chi connectivity index (χ3v) is 19.6. The van der Waals surface area contributed by atoms with Gasteiger partial charge in [-0.2, -0.15) is 0 Å². The maximum Gasteiger partial charge on any atom is 0.180 e. The van der Waals surface area contributed by atoms with Crippen molar-refractivity contribution in [2.75, 3.05) is 0 Å². The molecule has 0 N–H and O–H groups in total. The minimum absolute atomic E-state index is 0.196. The number of fused-ring (bicyclic) bond motifs is 16. The van der Waals surface area contributed by atoms with Crippen LogP contribution in [0.4, 0.5) is 0 Å². The number of furan rings is 6. The number of thiophene rings is 2. The minimum Gasteiger partial charge on any atom is -0.456 e. The average molecular weight is 1080 g/mol. The van der Waals surface area contributed by atoms with Crippen LogP contribution in [0.3, 0.4) is 0 Å². The standard InChI is InChI=1S/C72H50O6S2/c1-31-15-32(2)18-37(17-31)54-27-52-69(79-54)48-24-39-23-43(62-60-36(12-13-40(59(39)60)64(48)75-52)22-49-68(62)76-53-28-55(80-70(49)53)38-19-33(3)16-34(4)20-38)42-25-45-58-35(21-46-65(45)74-50-29-56(71(5,6)7)77-66(46)50)11-14-41-61(58)44(42)26-47-63(41)73-51-30-57(72(8,9)10)78-67(47)51/h11-30H,1-10H3. The summed E-state index contributed by atoms with van der Waals surface area (Å²) in [6, 6.07) is 45.4. The Labute approximate surface area is 465 Å². The van der Waals surface area contributed by atoms with E-state index in [0.717, 1.165) is 174 Å². The van der Waals surface area contributed by atoms with E-state index in [2.05, 4.69) is 191 Å². The topological polar surface area (TPSA) is 78.8 Å². The van der Waals surface area contributed by atoms with Gasteiger partial charge in [0.1, 0.15) is 45.0 Å². The van der Waals surface area contributed by atoms with Gasteiger partial charge in [0.2, 0.25) is 0 Å². The van der Waals surface area contributed by atoms with Crippen molar-refractivity contribution < 1.29 is 26.5 Å². The highest BCUT2D eigenvalue weighted by molar-refractivity contribution is 7.23. The molecule has 0 aliphatic heterocycles. The lowest BCUT2D eigenvalue weighted by atomic mass is 9.83. The van der Waals surface area contributed by atoms with E-state index in [1.807, 2.05) is 11.3 Å². The highest BCUT2D eigenvalue weighted by atomic mass is 32.1. The van der Waals surface area contributed by atoms with Gasteiger partial charge in [-0.3, -0.25) is 0 Å². The van der Waals surface area contributed by atoms with Gasteiger partial charge in [-0.25, -0.2) is 0 Å². The highest BCUT2D eigenvalue weighted by Crippen LogP contribution is 2.55. The van der Waals surface area contributed by atoms with Crippen LogP contribution in [0.2, 0.25) is 0 Å². The monoisotopic (exact) mass is 1070 g/mol. The zero-order chi connectivity index (χ0) is 53.9. The Kier molecular flexibility index (Phi) is 8.39. The summed E-state index contributed by atoms with van der Waals surface area (Å²) in [5.74, 6) is 1.78. The van der Waals surface area contributed by atoms with Crippen molar-refractivity contribution in [3.63, 3.8) is 0 Å². The highest BCUT2D eigenvalue weighted by Gasteiger charge is 2.31. The van der Waals surface area contributed by atoms with Gasteiger partial charge in [-0.05, 0) is 120 Å². The Morgan fingerprint density at radius 2 is 0.762 bits per heavy atom. The van der Waals surface area contributed by atoms with Crippen LogP contribution in [-0.2, 0) is 10.8 Å². The third kappa shape index (κ3) is 5.97. The van der Waals surface area contributed by atoms with E-state index < -0.39 is 0 Å². The van der Waals surface area contributed by atoms with Crippen LogP contribution < -0.4 is 0 Å². The molecule has 0 fully saturated rings. The molecule has 386 valence electrons.